The van der Waals surface area contributed by atoms with Crippen LogP contribution in [0.15, 0.2) is 0 Å². The molecule has 6 heteroatoms. The van der Waals surface area contributed by atoms with Gasteiger partial charge in [0.2, 0.25) is 0 Å². The molecule has 0 spiro atoms. The van der Waals surface area contributed by atoms with Crippen molar-refractivity contribution in [3.63, 3.8) is 0 Å². The first-order valence-corrected chi connectivity index (χ1v) is 4.77. The van der Waals surface area contributed by atoms with E-state index < -0.39 is 23.5 Å². The van der Waals surface area contributed by atoms with Crippen molar-refractivity contribution in [2.75, 3.05) is 5.75 Å². The molecule has 74 valence electrons. The standard InChI is InChI=1S/C7H12N2O3S/c1-7(2)4(5(10)11)3-13-9(7)6(8)12/h4H,3H2,1-2H3,(H2,8,12)(H,10,11). The lowest BCUT2D eigenvalue weighted by Gasteiger charge is -2.31. The van der Waals surface area contributed by atoms with Crippen LogP contribution in [0, 0.1) is 5.92 Å². The number of carbonyl (C=O) groups excluding carboxylic acids is 1. The molecule has 1 aliphatic heterocycles. The van der Waals surface area contributed by atoms with Crippen LogP contribution in [0.5, 0.6) is 0 Å². The molecule has 0 radical (unpaired) electrons. The zero-order valence-electron chi connectivity index (χ0n) is 7.48. The second-order valence-corrected chi connectivity index (χ2v) is 4.43. The number of carbonyl (C=O) groups is 2. The number of aliphatic carboxylic acids is 1. The normalized spacial score (nSPS) is 26.0. The van der Waals surface area contributed by atoms with Gasteiger partial charge in [-0.05, 0) is 25.8 Å². The van der Waals surface area contributed by atoms with Crippen molar-refractivity contribution in [2.24, 2.45) is 11.7 Å². The molecule has 0 aromatic carbocycles. The molecule has 13 heavy (non-hydrogen) atoms. The molecular weight excluding hydrogens is 192 g/mol. The average Bonchev–Trinajstić information content (AvgIpc) is 2.24. The van der Waals surface area contributed by atoms with Crippen LogP contribution in [0.4, 0.5) is 4.79 Å². The minimum absolute atomic E-state index is 0.394. The van der Waals surface area contributed by atoms with E-state index in [0.717, 1.165) is 0 Å². The van der Waals surface area contributed by atoms with Gasteiger partial charge < -0.3 is 10.8 Å². The summed E-state index contributed by atoms with van der Waals surface area (Å²) in [5, 5.41) is 8.86. The molecule has 0 aromatic rings. The number of carboxylic acid groups (broad SMARTS) is 1. The van der Waals surface area contributed by atoms with E-state index >= 15 is 0 Å². The van der Waals surface area contributed by atoms with Crippen LogP contribution in [0.3, 0.4) is 0 Å². The van der Waals surface area contributed by atoms with Gasteiger partial charge in [-0.3, -0.25) is 9.10 Å². The fourth-order valence-corrected chi connectivity index (χ4v) is 2.82. The monoisotopic (exact) mass is 204 g/mol. The van der Waals surface area contributed by atoms with Crippen LogP contribution < -0.4 is 5.73 Å². The molecule has 0 aromatic heterocycles. The third-order valence-corrected chi connectivity index (χ3v) is 3.64. The van der Waals surface area contributed by atoms with Gasteiger partial charge in [0.05, 0.1) is 11.5 Å². The lowest BCUT2D eigenvalue weighted by Crippen LogP contribution is -2.48. The van der Waals surface area contributed by atoms with E-state index in [1.807, 2.05) is 0 Å². The van der Waals surface area contributed by atoms with Gasteiger partial charge in [0.15, 0.2) is 0 Å². The third kappa shape index (κ3) is 1.58. The largest absolute Gasteiger partial charge is 0.481 e. The molecular formula is C7H12N2O3S. The van der Waals surface area contributed by atoms with Crippen molar-refractivity contribution < 1.29 is 14.7 Å². The van der Waals surface area contributed by atoms with Crippen molar-refractivity contribution in [1.29, 1.82) is 0 Å². The van der Waals surface area contributed by atoms with Gasteiger partial charge in [0, 0.05) is 5.75 Å². The van der Waals surface area contributed by atoms with Crippen molar-refractivity contribution in [3.8, 4) is 0 Å². The molecule has 0 saturated carbocycles. The van der Waals surface area contributed by atoms with Gasteiger partial charge in [-0.25, -0.2) is 4.79 Å². The summed E-state index contributed by atoms with van der Waals surface area (Å²) >= 11 is 1.17. The van der Waals surface area contributed by atoms with Crippen LogP contribution in [0.25, 0.3) is 0 Å². The predicted molar refractivity (Wildman–Crippen MR) is 49.1 cm³/mol. The maximum atomic E-state index is 10.9. The Bertz CT molecular complexity index is 230. The average molecular weight is 204 g/mol. The van der Waals surface area contributed by atoms with Gasteiger partial charge >= 0.3 is 12.0 Å². The molecule has 1 atom stereocenters. The molecule has 0 bridgehead atoms. The fourth-order valence-electron chi connectivity index (χ4n) is 1.38. The SMILES string of the molecule is CC1(C)C(C(=O)O)CSN1C(N)=O. The topological polar surface area (TPSA) is 83.6 Å². The molecule has 1 rings (SSSR count). The Morgan fingerprint density at radius 2 is 2.15 bits per heavy atom. The first-order valence-electron chi connectivity index (χ1n) is 3.82. The third-order valence-electron chi connectivity index (χ3n) is 2.24. The van der Waals surface area contributed by atoms with E-state index in [-0.39, 0.29) is 0 Å². The van der Waals surface area contributed by atoms with E-state index in [2.05, 4.69) is 0 Å². The molecule has 1 unspecified atom stereocenters. The van der Waals surface area contributed by atoms with Crippen molar-refractivity contribution >= 4 is 23.9 Å². The van der Waals surface area contributed by atoms with E-state index in [9.17, 15) is 9.59 Å². The smallest absolute Gasteiger partial charge is 0.325 e. The summed E-state index contributed by atoms with van der Waals surface area (Å²) < 4.78 is 1.33. The highest BCUT2D eigenvalue weighted by molar-refractivity contribution is 7.97. The van der Waals surface area contributed by atoms with E-state index in [1.165, 1.54) is 16.3 Å². The lowest BCUT2D eigenvalue weighted by molar-refractivity contribution is -0.143. The summed E-state index contributed by atoms with van der Waals surface area (Å²) in [5.41, 5.74) is 4.40. The fraction of sp³-hybridized carbons (Fsp3) is 0.714. The number of primary amides is 1. The number of hydrogen-bond donors (Lipinski definition) is 2. The molecule has 0 aliphatic carbocycles. The number of rotatable bonds is 1. The summed E-state index contributed by atoms with van der Waals surface area (Å²) in [6.07, 6.45) is 0. The van der Waals surface area contributed by atoms with Gasteiger partial charge in [-0.2, -0.15) is 0 Å². The summed E-state index contributed by atoms with van der Waals surface area (Å²) in [5.74, 6) is -1.04. The number of amides is 2. The highest BCUT2D eigenvalue weighted by Crippen LogP contribution is 2.40. The number of nitrogens with two attached hydrogens (primary N) is 1. The van der Waals surface area contributed by atoms with Crippen LogP contribution >= 0.6 is 11.9 Å². The second kappa shape index (κ2) is 3.10. The Kier molecular flexibility index (Phi) is 2.42. The lowest BCUT2D eigenvalue weighted by atomic mass is 9.89. The number of urea groups is 1. The molecule has 1 fully saturated rings. The zero-order chi connectivity index (χ0) is 10.2. The van der Waals surface area contributed by atoms with Gasteiger partial charge in [0.25, 0.3) is 0 Å². The first-order chi connectivity index (χ1) is 5.87. The maximum Gasteiger partial charge on any atom is 0.325 e. The minimum Gasteiger partial charge on any atom is -0.481 e. The minimum atomic E-state index is -0.888. The van der Waals surface area contributed by atoms with Gasteiger partial charge in [0.1, 0.15) is 0 Å². The highest BCUT2D eigenvalue weighted by Gasteiger charge is 2.48. The van der Waals surface area contributed by atoms with Crippen molar-refractivity contribution in [1.82, 2.24) is 4.31 Å². The summed E-state index contributed by atoms with van der Waals surface area (Å²) in [6.45, 7) is 3.41. The first kappa shape index (κ1) is 10.2. The zero-order valence-corrected chi connectivity index (χ0v) is 8.30. The van der Waals surface area contributed by atoms with Crippen molar-refractivity contribution in [3.05, 3.63) is 0 Å². The van der Waals surface area contributed by atoms with E-state index in [0.29, 0.717) is 5.75 Å². The van der Waals surface area contributed by atoms with Crippen LogP contribution in [-0.2, 0) is 4.79 Å². The molecule has 1 aliphatic rings. The second-order valence-electron chi connectivity index (χ2n) is 3.47. The number of hydrogen-bond acceptors (Lipinski definition) is 3. The number of carboxylic acids is 1. The molecule has 1 saturated heterocycles. The van der Waals surface area contributed by atoms with E-state index in [1.54, 1.807) is 13.8 Å². The maximum absolute atomic E-state index is 10.9. The predicted octanol–water partition coefficient (Wildman–Crippen LogP) is 0.508. The molecule has 2 amide bonds. The summed E-state index contributed by atoms with van der Waals surface area (Å²) in [4.78, 5) is 21.7. The Morgan fingerprint density at radius 1 is 1.62 bits per heavy atom. The summed E-state index contributed by atoms with van der Waals surface area (Å²) in [7, 11) is 0. The van der Waals surface area contributed by atoms with Crippen LogP contribution in [0.1, 0.15) is 13.8 Å². The quantitative estimate of drug-likeness (QED) is 0.609. The van der Waals surface area contributed by atoms with E-state index in [4.69, 9.17) is 10.8 Å². The van der Waals surface area contributed by atoms with Crippen LogP contribution in [0.2, 0.25) is 0 Å². The Morgan fingerprint density at radius 3 is 2.38 bits per heavy atom. The number of nitrogens with zero attached hydrogens (tertiary/aromatic N) is 1. The summed E-state index contributed by atoms with van der Waals surface area (Å²) in [6, 6.07) is -0.584. The van der Waals surface area contributed by atoms with Gasteiger partial charge in [-0.1, -0.05) is 0 Å². The Labute approximate surface area is 80.4 Å². The molecule has 5 nitrogen and oxygen atoms in total. The Balaban J connectivity index is 2.88. The van der Waals surface area contributed by atoms with Crippen LogP contribution in [-0.4, -0.2) is 32.7 Å². The van der Waals surface area contributed by atoms with Gasteiger partial charge in [-0.15, -0.1) is 0 Å². The highest BCUT2D eigenvalue weighted by atomic mass is 32.2. The van der Waals surface area contributed by atoms with Crippen molar-refractivity contribution in [2.45, 2.75) is 19.4 Å². The Hall–Kier alpha value is -0.910. The molecule has 1 heterocycles. The molecule has 3 N–H and O–H groups in total.